The fourth-order valence-electron chi connectivity index (χ4n) is 0.962. The minimum absolute atomic E-state index is 0.361. The summed E-state index contributed by atoms with van der Waals surface area (Å²) in [7, 11) is 0. The largest absolute Gasteiger partial charge is 0.375 e. The van der Waals surface area contributed by atoms with E-state index < -0.39 is 0 Å². The number of hydrazine groups is 1. The molecule has 5 nitrogen and oxygen atoms in total. The number of rotatable bonds is 6. The van der Waals surface area contributed by atoms with Crippen LogP contribution >= 0.6 is 11.3 Å². The number of aromatic nitrogens is 1. The van der Waals surface area contributed by atoms with E-state index in [1.807, 2.05) is 5.43 Å². The van der Waals surface area contributed by atoms with Gasteiger partial charge in [0, 0.05) is 12.0 Å². The van der Waals surface area contributed by atoms with E-state index in [9.17, 15) is 4.79 Å². The van der Waals surface area contributed by atoms with Crippen molar-refractivity contribution in [2.75, 3.05) is 6.61 Å². The van der Waals surface area contributed by atoms with Gasteiger partial charge in [0.15, 0.2) is 5.01 Å². The number of nitrogens with one attached hydrogen (secondary N) is 1. The van der Waals surface area contributed by atoms with Crippen molar-refractivity contribution >= 4 is 17.2 Å². The molecule has 0 spiro atoms. The molecule has 1 amide bonds. The van der Waals surface area contributed by atoms with E-state index in [4.69, 9.17) is 10.6 Å². The van der Waals surface area contributed by atoms with Gasteiger partial charge in [-0.15, -0.1) is 11.3 Å². The van der Waals surface area contributed by atoms with Crippen LogP contribution in [-0.2, 0) is 11.3 Å². The molecule has 0 saturated carbocycles. The number of nitrogens with zero attached hydrogens (tertiary/aromatic N) is 1. The molecule has 84 valence electrons. The summed E-state index contributed by atoms with van der Waals surface area (Å²) < 4.78 is 5.37. The van der Waals surface area contributed by atoms with Crippen LogP contribution < -0.4 is 11.3 Å². The minimum atomic E-state index is -0.361. The molecule has 0 aliphatic rings. The highest BCUT2D eigenvalue weighted by molar-refractivity contribution is 7.11. The number of carbonyl (C=O) groups is 1. The van der Waals surface area contributed by atoms with Gasteiger partial charge in [-0.1, -0.05) is 13.3 Å². The van der Waals surface area contributed by atoms with Crippen molar-refractivity contribution in [3.8, 4) is 0 Å². The van der Waals surface area contributed by atoms with Crippen LogP contribution in [0.15, 0.2) is 5.38 Å². The fourth-order valence-corrected chi connectivity index (χ4v) is 1.67. The lowest BCUT2D eigenvalue weighted by molar-refractivity contribution is 0.0951. The quantitative estimate of drug-likeness (QED) is 0.331. The molecular weight excluding hydrogens is 214 g/mol. The Morgan fingerprint density at radius 1 is 1.73 bits per heavy atom. The predicted molar refractivity (Wildman–Crippen MR) is 58.3 cm³/mol. The number of ether oxygens (including phenoxy) is 1. The molecule has 15 heavy (non-hydrogen) atoms. The third kappa shape index (κ3) is 3.94. The van der Waals surface area contributed by atoms with E-state index in [-0.39, 0.29) is 5.91 Å². The molecule has 3 N–H and O–H groups in total. The fraction of sp³-hybridized carbons (Fsp3) is 0.556. The first-order valence-electron chi connectivity index (χ1n) is 4.81. The first-order chi connectivity index (χ1) is 7.27. The highest BCUT2D eigenvalue weighted by atomic mass is 32.1. The summed E-state index contributed by atoms with van der Waals surface area (Å²) >= 11 is 1.26. The maximum Gasteiger partial charge on any atom is 0.294 e. The normalized spacial score (nSPS) is 10.3. The van der Waals surface area contributed by atoms with E-state index in [0.717, 1.165) is 25.1 Å². The van der Waals surface area contributed by atoms with Crippen LogP contribution in [0.4, 0.5) is 0 Å². The Bertz CT molecular complexity index is 314. The number of unbranched alkanes of at least 4 members (excludes halogenated alkanes) is 1. The number of hydrogen-bond donors (Lipinski definition) is 2. The molecule has 0 radical (unpaired) electrons. The summed E-state index contributed by atoms with van der Waals surface area (Å²) in [6.45, 7) is 3.29. The molecule has 0 bridgehead atoms. The zero-order valence-corrected chi connectivity index (χ0v) is 9.47. The molecule has 0 atom stereocenters. The third-order valence-electron chi connectivity index (χ3n) is 1.77. The van der Waals surface area contributed by atoms with Crippen LogP contribution in [0.3, 0.4) is 0 Å². The summed E-state index contributed by atoms with van der Waals surface area (Å²) in [5.41, 5.74) is 2.81. The van der Waals surface area contributed by atoms with Crippen molar-refractivity contribution in [1.82, 2.24) is 10.4 Å². The first-order valence-corrected chi connectivity index (χ1v) is 5.69. The summed E-state index contributed by atoms with van der Waals surface area (Å²) in [4.78, 5) is 15.2. The van der Waals surface area contributed by atoms with Gasteiger partial charge in [-0.3, -0.25) is 10.2 Å². The second-order valence-electron chi connectivity index (χ2n) is 3.02. The maximum absolute atomic E-state index is 11.1. The number of carbonyl (C=O) groups excluding carboxylic acids is 1. The van der Waals surface area contributed by atoms with Crippen molar-refractivity contribution in [2.45, 2.75) is 26.4 Å². The summed E-state index contributed by atoms with van der Waals surface area (Å²) in [5, 5.41) is 2.17. The van der Waals surface area contributed by atoms with E-state index in [1.54, 1.807) is 5.38 Å². The zero-order valence-electron chi connectivity index (χ0n) is 8.66. The monoisotopic (exact) mass is 229 g/mol. The van der Waals surface area contributed by atoms with Gasteiger partial charge < -0.3 is 4.74 Å². The van der Waals surface area contributed by atoms with Gasteiger partial charge in [0.1, 0.15) is 0 Å². The molecule has 1 heterocycles. The molecule has 1 rings (SSSR count). The lowest BCUT2D eigenvalue weighted by Crippen LogP contribution is -2.29. The Balaban J connectivity index is 2.36. The second kappa shape index (κ2) is 6.49. The van der Waals surface area contributed by atoms with E-state index in [0.29, 0.717) is 11.6 Å². The van der Waals surface area contributed by atoms with Crippen molar-refractivity contribution in [3.05, 3.63) is 16.1 Å². The van der Waals surface area contributed by atoms with Crippen LogP contribution in [0.25, 0.3) is 0 Å². The summed E-state index contributed by atoms with van der Waals surface area (Å²) in [5.74, 6) is 4.63. The first kappa shape index (κ1) is 12.1. The molecule has 6 heteroatoms. The van der Waals surface area contributed by atoms with Crippen LogP contribution in [0.1, 0.15) is 35.3 Å². The Morgan fingerprint density at radius 3 is 3.20 bits per heavy atom. The summed E-state index contributed by atoms with van der Waals surface area (Å²) in [6.07, 6.45) is 2.15. The standard InChI is InChI=1S/C9H15N3O2S/c1-2-3-4-14-5-7-6-15-9(11-7)8(13)12-10/h6H,2-5,10H2,1H3,(H,12,13). The molecule has 1 aromatic rings. The Hall–Kier alpha value is -0.980. The van der Waals surface area contributed by atoms with Crippen LogP contribution in [0.5, 0.6) is 0 Å². The van der Waals surface area contributed by atoms with Crippen molar-refractivity contribution in [3.63, 3.8) is 0 Å². The summed E-state index contributed by atoms with van der Waals surface area (Å²) in [6, 6.07) is 0. The number of thiazole rings is 1. The Labute approximate surface area is 92.6 Å². The number of hydrogen-bond acceptors (Lipinski definition) is 5. The minimum Gasteiger partial charge on any atom is -0.375 e. The zero-order chi connectivity index (χ0) is 11.1. The highest BCUT2D eigenvalue weighted by Crippen LogP contribution is 2.10. The molecule has 0 fully saturated rings. The van der Waals surface area contributed by atoms with Crippen LogP contribution in [0, 0.1) is 0 Å². The molecule has 0 saturated heterocycles. The average molecular weight is 229 g/mol. The molecule has 0 aromatic carbocycles. The second-order valence-corrected chi connectivity index (χ2v) is 3.88. The number of amides is 1. The van der Waals surface area contributed by atoms with Gasteiger partial charge in [0.05, 0.1) is 12.3 Å². The highest BCUT2D eigenvalue weighted by Gasteiger charge is 2.08. The number of nitrogens with two attached hydrogens (primary N) is 1. The van der Waals surface area contributed by atoms with E-state index in [1.165, 1.54) is 11.3 Å². The van der Waals surface area contributed by atoms with Gasteiger partial charge in [-0.05, 0) is 6.42 Å². The smallest absolute Gasteiger partial charge is 0.294 e. The van der Waals surface area contributed by atoms with Crippen molar-refractivity contribution in [1.29, 1.82) is 0 Å². The van der Waals surface area contributed by atoms with Crippen molar-refractivity contribution in [2.24, 2.45) is 5.84 Å². The van der Waals surface area contributed by atoms with Gasteiger partial charge in [-0.2, -0.15) is 0 Å². The van der Waals surface area contributed by atoms with E-state index >= 15 is 0 Å². The van der Waals surface area contributed by atoms with Gasteiger partial charge >= 0.3 is 0 Å². The van der Waals surface area contributed by atoms with Crippen LogP contribution in [-0.4, -0.2) is 17.5 Å². The Morgan fingerprint density at radius 2 is 2.53 bits per heavy atom. The third-order valence-corrected chi connectivity index (χ3v) is 2.66. The van der Waals surface area contributed by atoms with Crippen LogP contribution in [0.2, 0.25) is 0 Å². The average Bonchev–Trinajstić information content (AvgIpc) is 2.72. The molecule has 0 aliphatic carbocycles. The Kier molecular flexibility index (Phi) is 5.23. The molecular formula is C9H15N3O2S. The molecule has 0 unspecified atom stereocenters. The van der Waals surface area contributed by atoms with Crippen molar-refractivity contribution < 1.29 is 9.53 Å². The number of nitrogen functional groups attached to an aromatic ring is 1. The lowest BCUT2D eigenvalue weighted by Gasteiger charge is -1.99. The molecule has 1 aromatic heterocycles. The van der Waals surface area contributed by atoms with Gasteiger partial charge in [0.2, 0.25) is 0 Å². The van der Waals surface area contributed by atoms with Gasteiger partial charge in [0.25, 0.3) is 5.91 Å². The SMILES string of the molecule is CCCCOCc1csc(C(=O)NN)n1. The topological polar surface area (TPSA) is 77.2 Å². The lowest BCUT2D eigenvalue weighted by atomic mass is 10.4. The predicted octanol–water partition coefficient (Wildman–Crippen LogP) is 1.06. The maximum atomic E-state index is 11.1. The van der Waals surface area contributed by atoms with Gasteiger partial charge in [-0.25, -0.2) is 10.8 Å². The molecule has 0 aliphatic heterocycles. The van der Waals surface area contributed by atoms with E-state index in [2.05, 4.69) is 11.9 Å².